The zero-order valence-electron chi connectivity index (χ0n) is 37.7. The van der Waals surface area contributed by atoms with Crippen molar-refractivity contribution in [2.75, 3.05) is 0 Å². The number of fused-ring (bicyclic) bond motifs is 1. The predicted molar refractivity (Wildman–Crippen MR) is 227 cm³/mol. The Kier molecular flexibility index (Phi) is 10.1. The number of rotatable bonds is 7. The molecule has 0 aliphatic heterocycles. The zero-order chi connectivity index (χ0) is 42.9. The van der Waals surface area contributed by atoms with Crippen molar-refractivity contribution in [2.45, 2.75) is 53.7 Å². The molecule has 2 aromatic heterocycles. The fourth-order valence-corrected chi connectivity index (χ4v) is 6.51. The standard InChI is InChI=1S/C29H25N2.C22H22N.Ir/c1-20(2)25-15-10-16-27-28(25)31(24-13-8-5-9-14-24)29(30-27)23-18-17-21(3)26(19-23)22-11-6-4-7-12-22;1-22(2,3)16-17-9-11-18(12-10-17)20-13-14-23-21(15-20)19-7-5-4-6-8-19;/h4-17,19-20H,1-3H3;4-7,9-15H,16H2,1-3H3;/q2*-1;/i3D3,20D;16D2;. The van der Waals surface area contributed by atoms with Gasteiger partial charge in [0.05, 0.1) is 16.9 Å². The molecule has 55 heavy (non-hydrogen) atoms. The maximum atomic E-state index is 8.76. The monoisotopic (exact) mass is 900 g/mol. The number of aromatic nitrogens is 3. The molecule has 0 aliphatic rings. The van der Waals surface area contributed by atoms with Crippen LogP contribution in [0.1, 0.15) is 65.4 Å². The fraction of sp³-hybridized carbons (Fsp3) is 0.176. The average Bonchev–Trinajstić information content (AvgIpc) is 3.64. The summed E-state index contributed by atoms with van der Waals surface area (Å²) in [7, 11) is 0. The van der Waals surface area contributed by atoms with Crippen LogP contribution < -0.4 is 0 Å². The van der Waals surface area contributed by atoms with Crippen molar-refractivity contribution in [3.8, 4) is 50.6 Å². The molecule has 0 bridgehead atoms. The molecule has 0 N–H and O–H groups in total. The molecular weight excluding hydrogens is 847 g/mol. The van der Waals surface area contributed by atoms with Gasteiger partial charge in [0.25, 0.3) is 0 Å². The van der Waals surface area contributed by atoms with E-state index in [2.05, 4.69) is 21.7 Å². The molecule has 0 fully saturated rings. The summed E-state index contributed by atoms with van der Waals surface area (Å²) in [6.07, 6.45) is 0.418. The molecule has 0 unspecified atom stereocenters. The topological polar surface area (TPSA) is 30.7 Å². The number of hydrogen-bond acceptors (Lipinski definition) is 2. The normalized spacial score (nSPS) is 13.5. The van der Waals surface area contributed by atoms with E-state index >= 15 is 0 Å². The van der Waals surface area contributed by atoms with E-state index in [0.29, 0.717) is 22.5 Å². The van der Waals surface area contributed by atoms with Crippen molar-refractivity contribution in [1.82, 2.24) is 14.5 Å². The van der Waals surface area contributed by atoms with Crippen molar-refractivity contribution in [3.63, 3.8) is 0 Å². The summed E-state index contributed by atoms with van der Waals surface area (Å²) in [5.41, 5.74) is 10.0. The maximum Gasteiger partial charge on any atom is 0.0777 e. The van der Waals surface area contributed by atoms with Gasteiger partial charge in [0.1, 0.15) is 0 Å². The molecule has 8 rings (SSSR count). The van der Waals surface area contributed by atoms with Crippen molar-refractivity contribution in [3.05, 3.63) is 187 Å². The Bertz CT molecular complexity index is 2720. The van der Waals surface area contributed by atoms with Crippen LogP contribution in [-0.4, -0.2) is 14.5 Å². The van der Waals surface area contributed by atoms with E-state index in [1.807, 2.05) is 180 Å². The number of para-hydroxylation sites is 2. The molecule has 1 radical (unpaired) electrons. The Morgan fingerprint density at radius 3 is 2.15 bits per heavy atom. The minimum Gasteiger partial charge on any atom is -0.333 e. The number of nitrogens with zero attached hydrogens (tertiary/aromatic N) is 3. The van der Waals surface area contributed by atoms with Crippen molar-refractivity contribution >= 4 is 11.0 Å². The number of imidazole rings is 1. The van der Waals surface area contributed by atoms with Crippen LogP contribution in [0.15, 0.2) is 158 Å². The number of aryl methyl sites for hydroxylation is 1. The predicted octanol–water partition coefficient (Wildman–Crippen LogP) is 13.4. The van der Waals surface area contributed by atoms with E-state index in [4.69, 9.17) is 13.2 Å². The third-order valence-corrected chi connectivity index (χ3v) is 8.99. The molecule has 2 heterocycles. The molecule has 0 amide bonds. The van der Waals surface area contributed by atoms with Crippen LogP contribution in [0.4, 0.5) is 0 Å². The Morgan fingerprint density at radius 2 is 1.47 bits per heavy atom. The molecule has 277 valence electrons. The van der Waals surface area contributed by atoms with Crippen LogP contribution in [0.5, 0.6) is 0 Å². The third-order valence-electron chi connectivity index (χ3n) is 8.99. The third kappa shape index (κ3) is 9.28. The first-order chi connectivity index (χ1) is 28.4. The van der Waals surface area contributed by atoms with Gasteiger partial charge in [0.2, 0.25) is 0 Å². The van der Waals surface area contributed by atoms with Crippen LogP contribution in [0.25, 0.3) is 61.6 Å². The molecule has 0 spiro atoms. The van der Waals surface area contributed by atoms with Crippen LogP contribution in [0.3, 0.4) is 0 Å². The zero-order valence-corrected chi connectivity index (χ0v) is 34.1. The van der Waals surface area contributed by atoms with Gasteiger partial charge in [-0.3, -0.25) is 4.98 Å². The average molecular weight is 900 g/mol. The van der Waals surface area contributed by atoms with E-state index in [9.17, 15) is 0 Å². The summed E-state index contributed by atoms with van der Waals surface area (Å²) in [4.78, 5) is 9.40. The fourth-order valence-electron chi connectivity index (χ4n) is 6.51. The van der Waals surface area contributed by atoms with Crippen LogP contribution >= 0.6 is 0 Å². The first-order valence-electron chi connectivity index (χ1n) is 21.2. The first kappa shape index (κ1) is 31.9. The molecule has 0 atom stereocenters. The van der Waals surface area contributed by atoms with Crippen LogP contribution in [0, 0.1) is 24.4 Å². The molecule has 8 aromatic rings. The van der Waals surface area contributed by atoms with E-state index in [1.54, 1.807) is 12.3 Å². The first-order valence-corrected chi connectivity index (χ1v) is 18.2. The van der Waals surface area contributed by atoms with Gasteiger partial charge in [0, 0.05) is 40.2 Å². The van der Waals surface area contributed by atoms with Gasteiger partial charge in [0.15, 0.2) is 0 Å². The van der Waals surface area contributed by atoms with Gasteiger partial charge in [-0.2, -0.15) is 0 Å². The second-order valence-electron chi connectivity index (χ2n) is 14.5. The Balaban J connectivity index is 0.000000212. The maximum absolute atomic E-state index is 8.76. The summed E-state index contributed by atoms with van der Waals surface area (Å²) < 4.78 is 51.8. The Morgan fingerprint density at radius 1 is 0.745 bits per heavy atom. The SMILES string of the molecule is [2H]C([2H])([2H])c1c[c-]c(-c2nc3cccc(C([2H])(C)C)c3n2-c2ccccc2)cc1-c1ccccc1.[2H]C([2H])(c1ccc(-c2ccnc(-c3[c-]cccc3)c2)cc1)C(C)(C)C.[Ir]. The molecular formula is C51H47IrN3-2. The van der Waals surface area contributed by atoms with Gasteiger partial charge in [-0.05, 0) is 75.5 Å². The van der Waals surface area contributed by atoms with Gasteiger partial charge in [-0.15, -0.1) is 65.2 Å². The largest absolute Gasteiger partial charge is 0.333 e. The number of benzene rings is 6. The number of hydrogen-bond donors (Lipinski definition) is 0. The second-order valence-corrected chi connectivity index (χ2v) is 14.5. The molecule has 4 heteroatoms. The molecule has 0 aliphatic carbocycles. The summed E-state index contributed by atoms with van der Waals surface area (Å²) in [5, 5.41) is 0. The van der Waals surface area contributed by atoms with Gasteiger partial charge >= 0.3 is 0 Å². The van der Waals surface area contributed by atoms with E-state index in [1.165, 1.54) is 0 Å². The Hall–Kier alpha value is -5.41. The smallest absolute Gasteiger partial charge is 0.0777 e. The van der Waals surface area contributed by atoms with E-state index in [0.717, 1.165) is 50.2 Å². The van der Waals surface area contributed by atoms with E-state index < -0.39 is 24.5 Å². The summed E-state index contributed by atoms with van der Waals surface area (Å²) >= 11 is 0. The molecule has 0 saturated heterocycles. The Labute approximate surface area is 349 Å². The quantitative estimate of drug-likeness (QED) is 0.149. The summed E-state index contributed by atoms with van der Waals surface area (Å²) in [6, 6.07) is 54.7. The number of pyridine rings is 1. The minimum atomic E-state index is -2.28. The van der Waals surface area contributed by atoms with Gasteiger partial charge in [-0.25, -0.2) is 0 Å². The molecule has 0 saturated carbocycles. The van der Waals surface area contributed by atoms with Gasteiger partial charge < -0.3 is 9.55 Å². The van der Waals surface area contributed by atoms with Crippen LogP contribution in [0.2, 0.25) is 0 Å². The molecule has 3 nitrogen and oxygen atoms in total. The van der Waals surface area contributed by atoms with Crippen molar-refractivity contribution in [2.24, 2.45) is 5.41 Å². The summed E-state index contributed by atoms with van der Waals surface area (Å²) in [5.74, 6) is -0.190. The second kappa shape index (κ2) is 17.4. The van der Waals surface area contributed by atoms with Crippen molar-refractivity contribution in [1.29, 1.82) is 0 Å². The van der Waals surface area contributed by atoms with Crippen molar-refractivity contribution < 1.29 is 28.3 Å². The van der Waals surface area contributed by atoms with Gasteiger partial charge in [-0.1, -0.05) is 138 Å². The summed E-state index contributed by atoms with van der Waals surface area (Å²) in [6.45, 7) is 7.23. The van der Waals surface area contributed by atoms with E-state index in [-0.39, 0.29) is 25.7 Å². The van der Waals surface area contributed by atoms with Crippen LogP contribution in [-0.2, 0) is 26.5 Å². The molecule has 6 aromatic carbocycles. The minimum absolute atomic E-state index is 0.